The third-order valence-electron chi connectivity index (χ3n) is 3.49. The lowest BCUT2D eigenvalue weighted by Crippen LogP contribution is -2.49. The Morgan fingerprint density at radius 2 is 1.76 bits per heavy atom. The number of hydrogen-bond acceptors (Lipinski definition) is 2. The van der Waals surface area contributed by atoms with Gasteiger partial charge in [-0.15, -0.1) is 0 Å². The van der Waals surface area contributed by atoms with Crippen LogP contribution in [0.2, 0.25) is 0 Å². The van der Waals surface area contributed by atoms with Crippen LogP contribution in [0.3, 0.4) is 0 Å². The van der Waals surface area contributed by atoms with Crippen molar-refractivity contribution in [1.82, 2.24) is 4.90 Å². The first-order valence-corrected chi connectivity index (χ1v) is 6.28. The number of hydrogen-bond donors (Lipinski definition) is 0. The average Bonchev–Trinajstić information content (AvgIpc) is 2.39. The van der Waals surface area contributed by atoms with Crippen LogP contribution in [-0.4, -0.2) is 37.1 Å². The van der Waals surface area contributed by atoms with Crippen molar-refractivity contribution in [3.05, 3.63) is 37.0 Å². The summed E-state index contributed by atoms with van der Waals surface area (Å²) in [6, 6.07) is 7.18. The molecule has 1 aromatic carbocycles. The number of anilines is 1. The number of nitrogens with zero attached hydrogens (tertiary/aromatic N) is 2. The topological polar surface area (TPSA) is 6.48 Å². The highest BCUT2D eigenvalue weighted by Gasteiger charge is 2.20. The fraction of sp³-hybridized carbons (Fsp3) is 0.500. The van der Waals surface area contributed by atoms with Gasteiger partial charge >= 0.3 is 0 Å². The molecule has 3 heteroatoms. The first-order chi connectivity index (χ1) is 8.20. The molecule has 1 unspecified atom stereocenters. The van der Waals surface area contributed by atoms with Crippen molar-refractivity contribution in [3.63, 3.8) is 0 Å². The summed E-state index contributed by atoms with van der Waals surface area (Å²) in [4.78, 5) is 4.72. The van der Waals surface area contributed by atoms with Crippen molar-refractivity contribution in [3.8, 4) is 0 Å². The molecule has 1 fully saturated rings. The van der Waals surface area contributed by atoms with Gasteiger partial charge in [-0.2, -0.15) is 0 Å². The van der Waals surface area contributed by atoms with E-state index in [0.717, 1.165) is 38.3 Å². The largest absolute Gasteiger partial charge is 0.369 e. The summed E-state index contributed by atoms with van der Waals surface area (Å²) in [5.74, 6) is -0.170. The zero-order valence-corrected chi connectivity index (χ0v) is 10.4. The van der Waals surface area contributed by atoms with Crippen LogP contribution in [0, 0.1) is 12.7 Å². The quantitative estimate of drug-likeness (QED) is 0.794. The summed E-state index contributed by atoms with van der Waals surface area (Å²) >= 11 is 0. The highest BCUT2D eigenvalue weighted by atomic mass is 19.1. The summed E-state index contributed by atoms with van der Waals surface area (Å²) < 4.78 is 12.8. The van der Waals surface area contributed by atoms with E-state index in [1.165, 1.54) is 12.1 Å². The van der Waals surface area contributed by atoms with E-state index in [4.69, 9.17) is 0 Å². The van der Waals surface area contributed by atoms with Gasteiger partial charge in [0.2, 0.25) is 0 Å². The van der Waals surface area contributed by atoms with E-state index < -0.39 is 0 Å². The Bertz CT molecular complexity index is 342. The molecule has 1 radical (unpaired) electrons. The van der Waals surface area contributed by atoms with E-state index in [2.05, 4.69) is 23.6 Å². The molecular weight excluding hydrogens is 215 g/mol. The number of piperazine rings is 1. The van der Waals surface area contributed by atoms with Gasteiger partial charge in [-0.3, -0.25) is 4.90 Å². The van der Waals surface area contributed by atoms with Gasteiger partial charge in [-0.05, 0) is 37.6 Å². The van der Waals surface area contributed by atoms with E-state index >= 15 is 0 Å². The van der Waals surface area contributed by atoms with Crippen molar-refractivity contribution in [2.45, 2.75) is 19.4 Å². The van der Waals surface area contributed by atoms with Crippen LogP contribution in [0.15, 0.2) is 24.3 Å². The van der Waals surface area contributed by atoms with Gasteiger partial charge in [0.05, 0.1) is 0 Å². The maximum absolute atomic E-state index is 12.8. The van der Waals surface area contributed by atoms with Crippen LogP contribution in [0.5, 0.6) is 0 Å². The monoisotopic (exact) mass is 235 g/mol. The molecule has 1 saturated heterocycles. The summed E-state index contributed by atoms with van der Waals surface area (Å²) in [6.45, 7) is 10.4. The summed E-state index contributed by atoms with van der Waals surface area (Å²) in [5, 5.41) is 0. The molecule has 0 bridgehead atoms. The van der Waals surface area contributed by atoms with Crippen molar-refractivity contribution in [1.29, 1.82) is 0 Å². The van der Waals surface area contributed by atoms with Crippen molar-refractivity contribution in [2.24, 2.45) is 0 Å². The van der Waals surface area contributed by atoms with Crippen molar-refractivity contribution >= 4 is 5.69 Å². The number of benzene rings is 1. The minimum atomic E-state index is -0.170. The highest BCUT2D eigenvalue weighted by molar-refractivity contribution is 5.46. The number of rotatable bonds is 3. The molecular formula is C14H20FN2. The molecule has 1 aliphatic rings. The van der Waals surface area contributed by atoms with Crippen LogP contribution in [-0.2, 0) is 0 Å². The SMILES string of the molecule is [CH2]C(CC)N1CCN(c2ccc(F)cc2)CC1. The van der Waals surface area contributed by atoms with Gasteiger partial charge in [-0.25, -0.2) is 4.39 Å². The Kier molecular flexibility index (Phi) is 4.00. The molecule has 1 aliphatic heterocycles. The van der Waals surface area contributed by atoms with Crippen LogP contribution < -0.4 is 4.90 Å². The molecule has 1 aromatic rings. The third-order valence-corrected chi connectivity index (χ3v) is 3.49. The second-order valence-corrected chi connectivity index (χ2v) is 4.56. The molecule has 2 rings (SSSR count). The fourth-order valence-corrected chi connectivity index (χ4v) is 2.26. The Morgan fingerprint density at radius 1 is 1.18 bits per heavy atom. The summed E-state index contributed by atoms with van der Waals surface area (Å²) in [7, 11) is 0. The third kappa shape index (κ3) is 2.97. The molecule has 0 N–H and O–H groups in total. The van der Waals surface area contributed by atoms with E-state index in [0.29, 0.717) is 6.04 Å². The summed E-state index contributed by atoms with van der Waals surface area (Å²) in [6.07, 6.45) is 1.09. The van der Waals surface area contributed by atoms with Gasteiger partial charge in [0.25, 0.3) is 0 Å². The van der Waals surface area contributed by atoms with Gasteiger partial charge in [0, 0.05) is 37.9 Å². The Hall–Kier alpha value is -1.09. The van der Waals surface area contributed by atoms with Crippen LogP contribution in [0.4, 0.5) is 10.1 Å². The maximum atomic E-state index is 12.8. The Balaban J connectivity index is 1.93. The van der Waals surface area contributed by atoms with Gasteiger partial charge < -0.3 is 4.90 Å². The predicted octanol–water partition coefficient (Wildman–Crippen LogP) is 2.56. The van der Waals surface area contributed by atoms with Crippen LogP contribution >= 0.6 is 0 Å². The molecule has 93 valence electrons. The predicted molar refractivity (Wildman–Crippen MR) is 69.6 cm³/mol. The van der Waals surface area contributed by atoms with Crippen molar-refractivity contribution < 1.29 is 4.39 Å². The van der Waals surface area contributed by atoms with Crippen LogP contribution in [0.25, 0.3) is 0 Å². The summed E-state index contributed by atoms with van der Waals surface area (Å²) in [5.41, 5.74) is 1.11. The van der Waals surface area contributed by atoms with Gasteiger partial charge in [0.1, 0.15) is 5.82 Å². The Labute approximate surface area is 103 Å². The van der Waals surface area contributed by atoms with Gasteiger partial charge in [0.15, 0.2) is 0 Å². The lowest BCUT2D eigenvalue weighted by molar-refractivity contribution is 0.210. The molecule has 0 aliphatic carbocycles. The van der Waals surface area contributed by atoms with Crippen LogP contribution in [0.1, 0.15) is 13.3 Å². The second-order valence-electron chi connectivity index (χ2n) is 4.56. The molecule has 1 heterocycles. The molecule has 0 amide bonds. The first-order valence-electron chi connectivity index (χ1n) is 6.28. The van der Waals surface area contributed by atoms with E-state index in [-0.39, 0.29) is 5.82 Å². The molecule has 0 saturated carbocycles. The zero-order valence-electron chi connectivity index (χ0n) is 10.4. The zero-order chi connectivity index (χ0) is 12.3. The van der Waals surface area contributed by atoms with E-state index in [1.807, 2.05) is 12.1 Å². The normalized spacial score (nSPS) is 19.4. The average molecular weight is 235 g/mol. The molecule has 2 nitrogen and oxygen atoms in total. The lowest BCUT2D eigenvalue weighted by atomic mass is 10.1. The minimum absolute atomic E-state index is 0.170. The highest BCUT2D eigenvalue weighted by Crippen LogP contribution is 2.18. The smallest absolute Gasteiger partial charge is 0.123 e. The molecule has 1 atom stereocenters. The first kappa shape index (κ1) is 12.4. The van der Waals surface area contributed by atoms with Gasteiger partial charge in [-0.1, -0.05) is 6.92 Å². The molecule has 0 aromatic heterocycles. The fourth-order valence-electron chi connectivity index (χ4n) is 2.26. The lowest BCUT2D eigenvalue weighted by Gasteiger charge is -2.38. The second kappa shape index (κ2) is 5.50. The molecule has 17 heavy (non-hydrogen) atoms. The molecule has 0 spiro atoms. The minimum Gasteiger partial charge on any atom is -0.369 e. The van der Waals surface area contributed by atoms with E-state index in [1.54, 1.807) is 0 Å². The van der Waals surface area contributed by atoms with E-state index in [9.17, 15) is 4.39 Å². The van der Waals surface area contributed by atoms with Crippen molar-refractivity contribution in [2.75, 3.05) is 31.1 Å². The maximum Gasteiger partial charge on any atom is 0.123 e. The number of halogens is 1. The Morgan fingerprint density at radius 3 is 2.29 bits per heavy atom. The standard InChI is InChI=1S/C14H20FN2/c1-3-12(2)16-8-10-17(11-9-16)14-6-4-13(15)5-7-14/h4-7,12H,2-3,8-11H2,1H3.